The first kappa shape index (κ1) is 12.5. The van der Waals surface area contributed by atoms with Gasteiger partial charge in [0, 0.05) is 12.6 Å². The number of hydrogen-bond donors (Lipinski definition) is 1. The van der Waals surface area contributed by atoms with E-state index in [-0.39, 0.29) is 11.5 Å². The highest BCUT2D eigenvalue weighted by atomic mass is 16.2. The topological polar surface area (TPSA) is 32.3 Å². The molecule has 1 unspecified atom stereocenters. The predicted octanol–water partition coefficient (Wildman–Crippen LogP) is 2.17. The lowest BCUT2D eigenvalue weighted by Gasteiger charge is -2.41. The Labute approximate surface area is 110 Å². The maximum atomic E-state index is 12.8. The van der Waals surface area contributed by atoms with Crippen LogP contribution in [0.2, 0.25) is 0 Å². The second kappa shape index (κ2) is 4.52. The van der Waals surface area contributed by atoms with Crippen LogP contribution in [-0.4, -0.2) is 36.0 Å². The van der Waals surface area contributed by atoms with Crippen molar-refractivity contribution in [2.45, 2.75) is 64.5 Å². The Hall–Kier alpha value is -0.570. The Kier molecular flexibility index (Phi) is 3.13. The molecule has 2 saturated carbocycles. The highest BCUT2D eigenvalue weighted by Crippen LogP contribution is 2.38. The van der Waals surface area contributed by atoms with Crippen LogP contribution < -0.4 is 5.32 Å². The van der Waals surface area contributed by atoms with Crippen molar-refractivity contribution in [3.8, 4) is 0 Å². The lowest BCUT2D eigenvalue weighted by Crippen LogP contribution is -2.57. The van der Waals surface area contributed by atoms with Crippen LogP contribution in [0.25, 0.3) is 0 Å². The highest BCUT2D eigenvalue weighted by Gasteiger charge is 2.44. The normalized spacial score (nSPS) is 31.1. The third-order valence-corrected chi connectivity index (χ3v) is 4.80. The number of carbonyl (C=O) groups is 1. The van der Waals surface area contributed by atoms with Crippen molar-refractivity contribution in [1.29, 1.82) is 0 Å². The minimum atomic E-state index is 0.0469. The lowest BCUT2D eigenvalue weighted by atomic mass is 9.77. The Balaban J connectivity index is 1.69. The number of nitrogens with zero attached hydrogens (tertiary/aromatic N) is 1. The average Bonchev–Trinajstić information content (AvgIpc) is 3.16. The summed E-state index contributed by atoms with van der Waals surface area (Å²) in [6.07, 6.45) is 7.48. The molecule has 1 heterocycles. The molecular weight excluding hydrogens is 224 g/mol. The largest absolute Gasteiger partial charge is 0.338 e. The molecule has 3 aliphatic rings. The van der Waals surface area contributed by atoms with E-state index in [1.165, 1.54) is 38.5 Å². The van der Waals surface area contributed by atoms with Crippen molar-refractivity contribution in [3.05, 3.63) is 0 Å². The molecule has 1 aliphatic heterocycles. The van der Waals surface area contributed by atoms with E-state index in [1.807, 2.05) is 0 Å². The minimum Gasteiger partial charge on any atom is -0.338 e. The molecule has 0 aromatic heterocycles. The van der Waals surface area contributed by atoms with Gasteiger partial charge in [0.05, 0.1) is 6.04 Å². The molecule has 0 radical (unpaired) electrons. The number of amides is 1. The van der Waals surface area contributed by atoms with Crippen LogP contribution >= 0.6 is 0 Å². The Morgan fingerprint density at radius 2 is 2.00 bits per heavy atom. The zero-order chi connectivity index (χ0) is 12.8. The van der Waals surface area contributed by atoms with Crippen LogP contribution in [-0.2, 0) is 4.79 Å². The zero-order valence-electron chi connectivity index (χ0n) is 11.7. The number of carbonyl (C=O) groups excluding carboxylic acids is 1. The summed E-state index contributed by atoms with van der Waals surface area (Å²) in [5.74, 6) is 1.19. The smallest absolute Gasteiger partial charge is 0.240 e. The second-order valence-electron chi connectivity index (χ2n) is 7.14. The Morgan fingerprint density at radius 1 is 1.28 bits per heavy atom. The number of rotatable bonds is 4. The Bertz CT molecular complexity index is 331. The molecule has 0 aromatic carbocycles. The molecule has 102 valence electrons. The summed E-state index contributed by atoms with van der Waals surface area (Å²) < 4.78 is 0. The van der Waals surface area contributed by atoms with E-state index in [9.17, 15) is 4.79 Å². The van der Waals surface area contributed by atoms with Crippen LogP contribution in [0.1, 0.15) is 52.4 Å². The second-order valence-corrected chi connectivity index (χ2v) is 7.14. The van der Waals surface area contributed by atoms with Crippen molar-refractivity contribution in [1.82, 2.24) is 10.2 Å². The van der Waals surface area contributed by atoms with E-state index in [2.05, 4.69) is 24.1 Å². The van der Waals surface area contributed by atoms with Crippen molar-refractivity contribution >= 4 is 5.91 Å². The molecule has 0 spiro atoms. The number of piperidine rings is 1. The number of nitrogens with one attached hydrogen (secondary N) is 1. The van der Waals surface area contributed by atoms with Crippen LogP contribution in [0, 0.1) is 11.3 Å². The van der Waals surface area contributed by atoms with Crippen LogP contribution in [0.4, 0.5) is 0 Å². The molecule has 0 aromatic rings. The molecule has 18 heavy (non-hydrogen) atoms. The molecule has 1 atom stereocenters. The average molecular weight is 250 g/mol. The maximum absolute atomic E-state index is 12.8. The third-order valence-electron chi connectivity index (χ3n) is 4.80. The van der Waals surface area contributed by atoms with E-state index in [1.54, 1.807) is 0 Å². The van der Waals surface area contributed by atoms with E-state index >= 15 is 0 Å². The van der Waals surface area contributed by atoms with Gasteiger partial charge in [0.1, 0.15) is 0 Å². The summed E-state index contributed by atoms with van der Waals surface area (Å²) in [5.41, 5.74) is 0.117. The van der Waals surface area contributed by atoms with Gasteiger partial charge in [-0.25, -0.2) is 0 Å². The quantitative estimate of drug-likeness (QED) is 0.829. The van der Waals surface area contributed by atoms with E-state index < -0.39 is 0 Å². The van der Waals surface area contributed by atoms with Gasteiger partial charge in [0.2, 0.25) is 5.91 Å². The summed E-state index contributed by atoms with van der Waals surface area (Å²) >= 11 is 0. The monoisotopic (exact) mass is 250 g/mol. The van der Waals surface area contributed by atoms with Gasteiger partial charge in [-0.1, -0.05) is 13.8 Å². The SMILES string of the molecule is CC1(C)CCCNC1C(=O)N(CC1CC1)C1CC1. The van der Waals surface area contributed by atoms with Crippen molar-refractivity contribution in [3.63, 3.8) is 0 Å². The van der Waals surface area contributed by atoms with Gasteiger partial charge in [0.15, 0.2) is 0 Å². The minimum absolute atomic E-state index is 0.0469. The standard InChI is InChI=1S/C15H26N2O/c1-15(2)8-3-9-16-13(15)14(18)17(12-6-7-12)10-11-4-5-11/h11-13,16H,3-10H2,1-2H3. The van der Waals surface area contributed by atoms with E-state index in [4.69, 9.17) is 0 Å². The van der Waals surface area contributed by atoms with Crippen LogP contribution in [0.15, 0.2) is 0 Å². The fourth-order valence-corrected chi connectivity index (χ4v) is 3.18. The van der Waals surface area contributed by atoms with Gasteiger partial charge >= 0.3 is 0 Å². The molecule has 3 heteroatoms. The van der Waals surface area contributed by atoms with Gasteiger partial charge in [-0.05, 0) is 56.4 Å². The summed E-state index contributed by atoms with van der Waals surface area (Å²) in [5, 5.41) is 3.47. The molecule has 3 nitrogen and oxygen atoms in total. The first-order valence-electron chi connectivity index (χ1n) is 7.62. The van der Waals surface area contributed by atoms with Gasteiger partial charge < -0.3 is 10.2 Å². The summed E-state index contributed by atoms with van der Waals surface area (Å²) in [6.45, 7) is 6.51. The van der Waals surface area contributed by atoms with Gasteiger partial charge in [-0.15, -0.1) is 0 Å². The van der Waals surface area contributed by atoms with Crippen molar-refractivity contribution < 1.29 is 4.79 Å². The summed E-state index contributed by atoms with van der Waals surface area (Å²) in [6, 6.07) is 0.614. The number of hydrogen-bond acceptors (Lipinski definition) is 2. The zero-order valence-corrected chi connectivity index (χ0v) is 11.7. The summed E-state index contributed by atoms with van der Waals surface area (Å²) in [7, 11) is 0. The molecular formula is C15H26N2O. The first-order valence-corrected chi connectivity index (χ1v) is 7.62. The molecule has 1 N–H and O–H groups in total. The predicted molar refractivity (Wildman–Crippen MR) is 72.3 cm³/mol. The molecule has 3 rings (SSSR count). The lowest BCUT2D eigenvalue weighted by molar-refractivity contribution is -0.138. The van der Waals surface area contributed by atoms with Gasteiger partial charge in [-0.3, -0.25) is 4.79 Å². The molecule has 3 fully saturated rings. The fourth-order valence-electron chi connectivity index (χ4n) is 3.18. The first-order chi connectivity index (χ1) is 8.58. The molecule has 1 amide bonds. The van der Waals surface area contributed by atoms with Gasteiger partial charge in [0.25, 0.3) is 0 Å². The van der Waals surface area contributed by atoms with Crippen LogP contribution in [0.3, 0.4) is 0 Å². The molecule has 0 bridgehead atoms. The van der Waals surface area contributed by atoms with E-state index in [0.29, 0.717) is 11.9 Å². The maximum Gasteiger partial charge on any atom is 0.240 e. The molecule has 2 aliphatic carbocycles. The van der Waals surface area contributed by atoms with Gasteiger partial charge in [-0.2, -0.15) is 0 Å². The third kappa shape index (κ3) is 2.56. The summed E-state index contributed by atoms with van der Waals surface area (Å²) in [4.78, 5) is 15.0. The molecule has 1 saturated heterocycles. The fraction of sp³-hybridized carbons (Fsp3) is 0.933. The van der Waals surface area contributed by atoms with E-state index in [0.717, 1.165) is 19.0 Å². The van der Waals surface area contributed by atoms with Crippen molar-refractivity contribution in [2.75, 3.05) is 13.1 Å². The van der Waals surface area contributed by atoms with Crippen LogP contribution in [0.5, 0.6) is 0 Å². The van der Waals surface area contributed by atoms with Crippen molar-refractivity contribution in [2.24, 2.45) is 11.3 Å². The Morgan fingerprint density at radius 3 is 2.56 bits per heavy atom. The highest BCUT2D eigenvalue weighted by molar-refractivity contribution is 5.83.